The lowest BCUT2D eigenvalue weighted by molar-refractivity contribution is -0.114. The van der Waals surface area contributed by atoms with Crippen molar-refractivity contribution in [3.8, 4) is 11.5 Å². The molecule has 116 valence electrons. The number of aromatic nitrogens is 1. The first kappa shape index (κ1) is 15.8. The van der Waals surface area contributed by atoms with Gasteiger partial charge in [0.25, 0.3) is 5.56 Å². The maximum Gasteiger partial charge on any atom is 0.258 e. The molecule has 22 heavy (non-hydrogen) atoms. The van der Waals surface area contributed by atoms with E-state index in [4.69, 9.17) is 9.47 Å². The Bertz CT molecular complexity index is 817. The number of methoxy groups -OCH3 is 2. The van der Waals surface area contributed by atoms with Crippen LogP contribution in [0.5, 0.6) is 11.5 Å². The second-order valence-corrected chi connectivity index (χ2v) is 5.11. The number of pyridine rings is 1. The van der Waals surface area contributed by atoms with Gasteiger partial charge in [-0.1, -0.05) is 12.6 Å². The molecule has 5 heteroatoms. The molecule has 0 aliphatic carbocycles. The molecule has 2 rings (SSSR count). The summed E-state index contributed by atoms with van der Waals surface area (Å²) in [5.41, 5.74) is 1.11. The molecule has 0 aliphatic rings. The van der Waals surface area contributed by atoms with Gasteiger partial charge < -0.3 is 14.0 Å². The number of carbonyl (C=O) groups is 1. The second kappa shape index (κ2) is 6.05. The molecule has 5 nitrogen and oxygen atoms in total. The molecule has 0 radical (unpaired) electrons. The number of ether oxygens (including phenoxy) is 2. The third kappa shape index (κ3) is 2.50. The van der Waals surface area contributed by atoms with Gasteiger partial charge in [-0.15, -0.1) is 0 Å². The van der Waals surface area contributed by atoms with Gasteiger partial charge in [-0.3, -0.25) is 9.59 Å². The summed E-state index contributed by atoms with van der Waals surface area (Å²) in [4.78, 5) is 24.6. The highest BCUT2D eigenvalue weighted by molar-refractivity contribution is 5.98. The minimum atomic E-state index is -0.275. The van der Waals surface area contributed by atoms with Crippen molar-refractivity contribution in [1.82, 2.24) is 4.57 Å². The van der Waals surface area contributed by atoms with Crippen LogP contribution in [0.3, 0.4) is 0 Å². The van der Waals surface area contributed by atoms with Crippen molar-refractivity contribution in [3.05, 3.63) is 46.3 Å². The molecule has 1 aromatic heterocycles. The number of allylic oxidation sites excluding steroid dienone is 1. The number of para-hydroxylation sites is 1. The third-order valence-corrected chi connectivity index (χ3v) is 3.65. The molecule has 0 fully saturated rings. The van der Waals surface area contributed by atoms with Gasteiger partial charge >= 0.3 is 0 Å². The van der Waals surface area contributed by atoms with Gasteiger partial charge in [0, 0.05) is 18.9 Å². The van der Waals surface area contributed by atoms with Crippen molar-refractivity contribution in [2.75, 3.05) is 14.2 Å². The predicted octanol–water partition coefficient (Wildman–Crippen LogP) is 2.24. The molecule has 0 atom stereocenters. The zero-order valence-electron chi connectivity index (χ0n) is 13.2. The molecular formula is C17H19NO4. The molecule has 1 heterocycles. The first-order valence-corrected chi connectivity index (χ1v) is 6.83. The van der Waals surface area contributed by atoms with Gasteiger partial charge in [0.1, 0.15) is 11.5 Å². The predicted molar refractivity (Wildman–Crippen MR) is 85.8 cm³/mol. The Morgan fingerprint density at radius 2 is 1.95 bits per heavy atom. The molecule has 0 saturated carbocycles. The summed E-state index contributed by atoms with van der Waals surface area (Å²) >= 11 is 0. The van der Waals surface area contributed by atoms with Crippen molar-refractivity contribution >= 4 is 16.7 Å². The Morgan fingerprint density at radius 1 is 1.27 bits per heavy atom. The van der Waals surface area contributed by atoms with E-state index in [9.17, 15) is 9.59 Å². The molecule has 0 N–H and O–H groups in total. The van der Waals surface area contributed by atoms with Crippen molar-refractivity contribution in [1.29, 1.82) is 0 Å². The van der Waals surface area contributed by atoms with Crippen LogP contribution < -0.4 is 15.0 Å². The Morgan fingerprint density at radius 3 is 2.50 bits per heavy atom. The van der Waals surface area contributed by atoms with E-state index in [2.05, 4.69) is 6.58 Å². The molecule has 0 spiro atoms. The first-order chi connectivity index (χ1) is 10.4. The highest BCUT2D eigenvalue weighted by Crippen LogP contribution is 2.32. The number of carbonyl (C=O) groups excluding carboxylic acids is 1. The lowest BCUT2D eigenvalue weighted by Crippen LogP contribution is -2.25. The summed E-state index contributed by atoms with van der Waals surface area (Å²) in [5, 5.41) is 0.730. The zero-order chi connectivity index (χ0) is 16.4. The van der Waals surface area contributed by atoms with E-state index in [1.165, 1.54) is 11.7 Å². The van der Waals surface area contributed by atoms with Crippen molar-refractivity contribution < 1.29 is 14.3 Å². The van der Waals surface area contributed by atoms with Crippen LogP contribution in [0.1, 0.15) is 12.5 Å². The van der Waals surface area contributed by atoms with Crippen molar-refractivity contribution in [3.63, 3.8) is 0 Å². The number of benzene rings is 1. The van der Waals surface area contributed by atoms with Crippen LogP contribution in [0.15, 0.2) is 35.1 Å². The fourth-order valence-corrected chi connectivity index (χ4v) is 2.48. The Labute approximate surface area is 128 Å². The maximum atomic E-state index is 12.6. The van der Waals surface area contributed by atoms with E-state index in [1.807, 2.05) is 12.1 Å². The number of hydrogen-bond acceptors (Lipinski definition) is 4. The van der Waals surface area contributed by atoms with Crippen molar-refractivity contribution in [2.24, 2.45) is 7.05 Å². The number of Topliss-reactive ketones (excluding diaryl/α,β-unsaturated/α-hetero) is 1. The van der Waals surface area contributed by atoms with Crippen LogP contribution in [0.4, 0.5) is 0 Å². The molecule has 0 amide bonds. The summed E-state index contributed by atoms with van der Waals surface area (Å²) in [6.07, 6.45) is -0.0294. The van der Waals surface area contributed by atoms with Crippen LogP contribution in [-0.2, 0) is 18.3 Å². The smallest absolute Gasteiger partial charge is 0.258 e. The normalized spacial score (nSPS) is 10.5. The van der Waals surface area contributed by atoms with Crippen LogP contribution in [0.2, 0.25) is 0 Å². The topological polar surface area (TPSA) is 57.5 Å². The third-order valence-electron chi connectivity index (χ3n) is 3.65. The van der Waals surface area contributed by atoms with Gasteiger partial charge in [-0.2, -0.15) is 0 Å². The quantitative estimate of drug-likeness (QED) is 0.795. The van der Waals surface area contributed by atoms with E-state index in [0.29, 0.717) is 28.2 Å². The highest BCUT2D eigenvalue weighted by Gasteiger charge is 2.20. The number of ketones is 1. The lowest BCUT2D eigenvalue weighted by Gasteiger charge is -2.16. The summed E-state index contributed by atoms with van der Waals surface area (Å²) < 4.78 is 12.2. The molecule has 0 aliphatic heterocycles. The summed E-state index contributed by atoms with van der Waals surface area (Å²) in [5.74, 6) is 0.803. The number of nitrogens with zero attached hydrogens (tertiary/aromatic N) is 1. The van der Waals surface area contributed by atoms with E-state index in [-0.39, 0.29) is 17.8 Å². The standard InChI is InChI=1S/C17H19NO4/c1-10(2)13(19)9-12-16(22-5)11-7-6-8-14(21-4)15(11)18(3)17(12)20/h6-8H,1,9H2,2-5H3. The fraction of sp³-hybridized carbons (Fsp3) is 0.294. The van der Waals surface area contributed by atoms with Crippen LogP contribution in [0, 0.1) is 0 Å². The van der Waals surface area contributed by atoms with Gasteiger partial charge in [-0.05, 0) is 24.6 Å². The van der Waals surface area contributed by atoms with Crippen LogP contribution in [-0.4, -0.2) is 24.6 Å². The fourth-order valence-electron chi connectivity index (χ4n) is 2.48. The number of aryl methyl sites for hydroxylation is 1. The minimum absolute atomic E-state index is 0.0294. The summed E-state index contributed by atoms with van der Waals surface area (Å²) in [6, 6.07) is 5.43. The molecular weight excluding hydrogens is 282 g/mol. The zero-order valence-corrected chi connectivity index (χ0v) is 13.2. The van der Waals surface area contributed by atoms with E-state index < -0.39 is 0 Å². The largest absolute Gasteiger partial charge is 0.496 e. The Kier molecular flexibility index (Phi) is 4.35. The highest BCUT2D eigenvalue weighted by atomic mass is 16.5. The SMILES string of the molecule is C=C(C)C(=O)Cc1c(OC)c2cccc(OC)c2n(C)c1=O. The van der Waals surface area contributed by atoms with Gasteiger partial charge in [-0.25, -0.2) is 0 Å². The number of hydrogen-bond donors (Lipinski definition) is 0. The van der Waals surface area contributed by atoms with Crippen LogP contribution in [0.25, 0.3) is 10.9 Å². The van der Waals surface area contributed by atoms with Crippen LogP contribution >= 0.6 is 0 Å². The molecule has 0 unspecified atom stereocenters. The Hall–Kier alpha value is -2.56. The molecule has 0 bridgehead atoms. The number of fused-ring (bicyclic) bond motifs is 1. The van der Waals surface area contributed by atoms with E-state index >= 15 is 0 Å². The molecule has 0 saturated heterocycles. The average molecular weight is 301 g/mol. The molecule has 2 aromatic rings. The summed E-state index contributed by atoms with van der Waals surface area (Å²) in [7, 11) is 4.69. The maximum absolute atomic E-state index is 12.6. The second-order valence-electron chi connectivity index (χ2n) is 5.11. The summed E-state index contributed by atoms with van der Waals surface area (Å²) in [6.45, 7) is 5.26. The van der Waals surface area contributed by atoms with Gasteiger partial charge in [0.15, 0.2) is 5.78 Å². The monoisotopic (exact) mass is 301 g/mol. The van der Waals surface area contributed by atoms with Gasteiger partial charge in [0.2, 0.25) is 0 Å². The van der Waals surface area contributed by atoms with E-state index in [1.54, 1.807) is 27.1 Å². The van der Waals surface area contributed by atoms with Crippen molar-refractivity contribution in [2.45, 2.75) is 13.3 Å². The molecule has 1 aromatic carbocycles. The van der Waals surface area contributed by atoms with E-state index in [0.717, 1.165) is 5.39 Å². The average Bonchev–Trinajstić information content (AvgIpc) is 2.51. The van der Waals surface area contributed by atoms with Gasteiger partial charge in [0.05, 0.1) is 25.3 Å². The first-order valence-electron chi connectivity index (χ1n) is 6.83. The lowest BCUT2D eigenvalue weighted by atomic mass is 10.0. The minimum Gasteiger partial charge on any atom is -0.496 e. The number of rotatable bonds is 5. The Balaban J connectivity index is 2.84.